The Morgan fingerprint density at radius 3 is 2.23 bits per heavy atom. The Bertz CT molecular complexity index is 645. The van der Waals surface area contributed by atoms with E-state index in [9.17, 15) is 9.59 Å². The maximum atomic E-state index is 12.9. The topological polar surface area (TPSA) is 61.9 Å². The quantitative estimate of drug-likeness (QED) is 0.792. The van der Waals surface area contributed by atoms with Crippen LogP contribution < -0.4 is 10.1 Å². The Balaban J connectivity index is 1.59. The van der Waals surface area contributed by atoms with Crippen molar-refractivity contribution in [2.45, 2.75) is 39.7 Å². The molecular formula is C20H29N3O3. The van der Waals surface area contributed by atoms with Crippen LogP contribution in [0.1, 0.15) is 33.6 Å². The molecule has 1 saturated carbocycles. The molecule has 1 saturated heterocycles. The van der Waals surface area contributed by atoms with E-state index >= 15 is 0 Å². The number of piperazine rings is 1. The summed E-state index contributed by atoms with van der Waals surface area (Å²) in [6.07, 6.45) is 1.39. The summed E-state index contributed by atoms with van der Waals surface area (Å²) >= 11 is 0. The molecule has 2 aliphatic rings. The van der Waals surface area contributed by atoms with Gasteiger partial charge in [0.1, 0.15) is 11.2 Å². The minimum absolute atomic E-state index is 0.00878. The fraction of sp³-hybridized carbons (Fsp3) is 0.600. The van der Waals surface area contributed by atoms with Crippen molar-refractivity contribution in [2.75, 3.05) is 38.0 Å². The van der Waals surface area contributed by atoms with E-state index in [0.29, 0.717) is 31.6 Å². The van der Waals surface area contributed by atoms with Crippen molar-refractivity contribution >= 4 is 17.5 Å². The molecule has 1 heterocycles. The molecule has 26 heavy (non-hydrogen) atoms. The lowest BCUT2D eigenvalue weighted by molar-refractivity contribution is -0.143. The standard InChI is InChI=1S/C20H29N3O3/c1-4-22-11-13-23(14-12-22)19(25)20(9-10-20)18(24)21-16-5-7-17(8-6-16)26-15(2)3/h5-8,15H,4,9-14H2,1-3H3,(H,21,24). The van der Waals surface area contributed by atoms with Gasteiger partial charge in [0.2, 0.25) is 11.8 Å². The summed E-state index contributed by atoms with van der Waals surface area (Å²) in [7, 11) is 0. The number of hydrogen-bond acceptors (Lipinski definition) is 4. The fourth-order valence-corrected chi connectivity index (χ4v) is 3.37. The molecule has 3 rings (SSSR count). The van der Waals surface area contributed by atoms with E-state index in [1.54, 1.807) is 0 Å². The molecule has 1 N–H and O–H groups in total. The summed E-state index contributed by atoms with van der Waals surface area (Å²) in [5, 5.41) is 2.91. The van der Waals surface area contributed by atoms with E-state index in [0.717, 1.165) is 25.4 Å². The molecule has 1 aliphatic carbocycles. The van der Waals surface area contributed by atoms with Gasteiger partial charge < -0.3 is 19.9 Å². The van der Waals surface area contributed by atoms with Gasteiger partial charge in [0.25, 0.3) is 0 Å². The van der Waals surface area contributed by atoms with Crippen molar-refractivity contribution in [3.05, 3.63) is 24.3 Å². The number of hydrogen-bond donors (Lipinski definition) is 1. The second-order valence-corrected chi connectivity index (χ2v) is 7.45. The molecule has 0 radical (unpaired) electrons. The van der Waals surface area contributed by atoms with Crippen LogP contribution in [0.4, 0.5) is 5.69 Å². The zero-order chi connectivity index (χ0) is 18.7. The van der Waals surface area contributed by atoms with E-state index in [2.05, 4.69) is 17.1 Å². The van der Waals surface area contributed by atoms with Crippen molar-refractivity contribution in [3.8, 4) is 5.75 Å². The Hall–Kier alpha value is -2.08. The third-order valence-corrected chi connectivity index (χ3v) is 5.18. The monoisotopic (exact) mass is 359 g/mol. The SMILES string of the molecule is CCN1CCN(C(=O)C2(C(=O)Nc3ccc(OC(C)C)cc3)CC2)CC1. The molecule has 6 nitrogen and oxygen atoms in total. The van der Waals surface area contributed by atoms with Crippen molar-refractivity contribution in [3.63, 3.8) is 0 Å². The first-order valence-corrected chi connectivity index (χ1v) is 9.54. The van der Waals surface area contributed by atoms with Crippen molar-refractivity contribution in [1.29, 1.82) is 0 Å². The number of likely N-dealkylation sites (N-methyl/N-ethyl adjacent to an activating group) is 1. The van der Waals surface area contributed by atoms with Crippen molar-refractivity contribution in [1.82, 2.24) is 9.80 Å². The lowest BCUT2D eigenvalue weighted by Crippen LogP contribution is -2.52. The molecule has 2 amide bonds. The molecule has 6 heteroatoms. The van der Waals surface area contributed by atoms with Gasteiger partial charge >= 0.3 is 0 Å². The number of amides is 2. The normalized spacial score (nSPS) is 19.3. The summed E-state index contributed by atoms with van der Waals surface area (Å²) in [5.41, 5.74) is -0.164. The first-order valence-electron chi connectivity index (χ1n) is 9.54. The van der Waals surface area contributed by atoms with E-state index in [-0.39, 0.29) is 17.9 Å². The van der Waals surface area contributed by atoms with Crippen LogP contribution in [-0.4, -0.2) is 60.4 Å². The van der Waals surface area contributed by atoms with Gasteiger partial charge in [0.05, 0.1) is 6.10 Å². The van der Waals surface area contributed by atoms with E-state index < -0.39 is 5.41 Å². The predicted molar refractivity (Wildman–Crippen MR) is 101 cm³/mol. The highest BCUT2D eigenvalue weighted by Gasteiger charge is 2.58. The molecule has 0 bridgehead atoms. The van der Waals surface area contributed by atoms with Crippen LogP contribution in [0.25, 0.3) is 0 Å². The Morgan fingerprint density at radius 1 is 1.12 bits per heavy atom. The molecular weight excluding hydrogens is 330 g/mol. The van der Waals surface area contributed by atoms with Crippen molar-refractivity contribution < 1.29 is 14.3 Å². The average molecular weight is 359 g/mol. The van der Waals surface area contributed by atoms with Crippen LogP contribution in [-0.2, 0) is 9.59 Å². The number of nitrogens with one attached hydrogen (secondary N) is 1. The lowest BCUT2D eigenvalue weighted by atomic mass is 10.0. The minimum Gasteiger partial charge on any atom is -0.491 e. The minimum atomic E-state index is -0.860. The highest BCUT2D eigenvalue weighted by Crippen LogP contribution is 2.48. The van der Waals surface area contributed by atoms with Gasteiger partial charge in [-0.3, -0.25) is 9.59 Å². The number of anilines is 1. The third kappa shape index (κ3) is 4.01. The first-order chi connectivity index (χ1) is 12.4. The Kier molecular flexibility index (Phi) is 5.51. The highest BCUT2D eigenvalue weighted by atomic mass is 16.5. The number of nitrogens with zero attached hydrogens (tertiary/aromatic N) is 2. The number of rotatable bonds is 6. The molecule has 1 aromatic rings. The third-order valence-electron chi connectivity index (χ3n) is 5.18. The summed E-state index contributed by atoms with van der Waals surface area (Å²) in [5.74, 6) is 0.576. The Morgan fingerprint density at radius 2 is 1.73 bits per heavy atom. The van der Waals surface area contributed by atoms with Gasteiger partial charge in [-0.2, -0.15) is 0 Å². The number of benzene rings is 1. The zero-order valence-electron chi connectivity index (χ0n) is 16.0. The Labute approximate surface area is 155 Å². The van der Waals surface area contributed by atoms with Gasteiger partial charge in [0, 0.05) is 31.9 Å². The smallest absolute Gasteiger partial charge is 0.240 e. The summed E-state index contributed by atoms with van der Waals surface area (Å²) in [6.45, 7) is 10.3. The molecule has 0 atom stereocenters. The molecule has 0 spiro atoms. The predicted octanol–water partition coefficient (Wildman–Crippen LogP) is 2.36. The van der Waals surface area contributed by atoms with Crippen LogP contribution in [0.2, 0.25) is 0 Å². The number of ether oxygens (including phenoxy) is 1. The summed E-state index contributed by atoms with van der Waals surface area (Å²) in [6, 6.07) is 7.30. The van der Waals surface area contributed by atoms with Crippen LogP contribution >= 0.6 is 0 Å². The molecule has 1 aromatic carbocycles. The van der Waals surface area contributed by atoms with Crippen LogP contribution in [0.3, 0.4) is 0 Å². The van der Waals surface area contributed by atoms with E-state index in [4.69, 9.17) is 4.74 Å². The second kappa shape index (κ2) is 7.66. The van der Waals surface area contributed by atoms with E-state index in [1.165, 1.54) is 0 Å². The first kappa shape index (κ1) is 18.7. The summed E-state index contributed by atoms with van der Waals surface area (Å²) < 4.78 is 5.61. The van der Waals surface area contributed by atoms with Crippen molar-refractivity contribution in [2.24, 2.45) is 5.41 Å². The lowest BCUT2D eigenvalue weighted by Gasteiger charge is -2.35. The van der Waals surface area contributed by atoms with Gasteiger partial charge in [-0.15, -0.1) is 0 Å². The van der Waals surface area contributed by atoms with Gasteiger partial charge in [-0.05, 0) is 57.5 Å². The highest BCUT2D eigenvalue weighted by molar-refractivity contribution is 6.13. The van der Waals surface area contributed by atoms with Crippen LogP contribution in [0.15, 0.2) is 24.3 Å². The molecule has 0 unspecified atom stereocenters. The van der Waals surface area contributed by atoms with Gasteiger partial charge in [-0.25, -0.2) is 0 Å². The average Bonchev–Trinajstić information content (AvgIpc) is 3.44. The summed E-state index contributed by atoms with van der Waals surface area (Å²) in [4.78, 5) is 29.9. The second-order valence-electron chi connectivity index (χ2n) is 7.45. The number of carbonyl (C=O) groups is 2. The largest absolute Gasteiger partial charge is 0.491 e. The van der Waals surface area contributed by atoms with Gasteiger partial charge in [-0.1, -0.05) is 6.92 Å². The van der Waals surface area contributed by atoms with Crippen LogP contribution in [0.5, 0.6) is 5.75 Å². The van der Waals surface area contributed by atoms with E-state index in [1.807, 2.05) is 43.0 Å². The fourth-order valence-electron chi connectivity index (χ4n) is 3.37. The zero-order valence-corrected chi connectivity index (χ0v) is 16.0. The van der Waals surface area contributed by atoms with Gasteiger partial charge in [0.15, 0.2) is 0 Å². The number of carbonyl (C=O) groups excluding carboxylic acids is 2. The molecule has 0 aromatic heterocycles. The van der Waals surface area contributed by atoms with Crippen LogP contribution in [0, 0.1) is 5.41 Å². The molecule has 142 valence electrons. The molecule has 2 fully saturated rings. The molecule has 1 aliphatic heterocycles. The maximum absolute atomic E-state index is 12.9. The maximum Gasteiger partial charge on any atom is 0.240 e.